The molecule has 138 valence electrons. The van der Waals surface area contributed by atoms with Gasteiger partial charge in [0.15, 0.2) is 0 Å². The molecule has 0 unspecified atom stereocenters. The summed E-state index contributed by atoms with van der Waals surface area (Å²) in [5, 5.41) is 9.76. The molecular weight excluding hydrogens is 352 g/mol. The van der Waals surface area contributed by atoms with Crippen molar-refractivity contribution in [2.75, 3.05) is 25.0 Å². The van der Waals surface area contributed by atoms with Crippen LogP contribution in [0.4, 0.5) is 5.69 Å². The molecule has 7 heteroatoms. The number of carbonyl (C=O) groups is 1. The van der Waals surface area contributed by atoms with Gasteiger partial charge in [0.1, 0.15) is 0 Å². The van der Waals surface area contributed by atoms with Gasteiger partial charge in [0.2, 0.25) is 10.0 Å². The summed E-state index contributed by atoms with van der Waals surface area (Å²) in [6.45, 7) is 0.464. The fourth-order valence-electron chi connectivity index (χ4n) is 3.04. The predicted octanol–water partition coefficient (Wildman–Crippen LogP) is 2.11. The van der Waals surface area contributed by atoms with E-state index in [0.29, 0.717) is 24.9 Å². The van der Waals surface area contributed by atoms with E-state index in [1.165, 1.54) is 21.3 Å². The number of piperidine rings is 1. The second-order valence-electron chi connectivity index (χ2n) is 6.39. The van der Waals surface area contributed by atoms with Gasteiger partial charge in [-0.2, -0.15) is 4.31 Å². The van der Waals surface area contributed by atoms with Crippen molar-refractivity contribution in [1.29, 1.82) is 0 Å². The van der Waals surface area contributed by atoms with Gasteiger partial charge < -0.3 is 10.0 Å². The summed E-state index contributed by atoms with van der Waals surface area (Å²) in [6, 6.07) is 15.2. The van der Waals surface area contributed by atoms with Gasteiger partial charge in [-0.3, -0.25) is 4.79 Å². The molecule has 2 aromatic carbocycles. The first-order chi connectivity index (χ1) is 12.4. The molecule has 1 aliphatic heterocycles. The van der Waals surface area contributed by atoms with Crippen molar-refractivity contribution in [1.82, 2.24) is 4.31 Å². The molecule has 0 bridgehead atoms. The molecule has 1 heterocycles. The van der Waals surface area contributed by atoms with E-state index in [-0.39, 0.29) is 17.3 Å². The van der Waals surface area contributed by atoms with E-state index >= 15 is 0 Å². The van der Waals surface area contributed by atoms with Crippen LogP contribution in [0.2, 0.25) is 0 Å². The lowest BCUT2D eigenvalue weighted by Gasteiger charge is -2.29. The first-order valence-electron chi connectivity index (χ1n) is 8.51. The SMILES string of the molecule is CN(C(=O)c1cccc(S(=O)(=O)N2CCC[C@H](O)C2)c1)c1ccccc1. The molecule has 1 N–H and O–H groups in total. The van der Waals surface area contributed by atoms with Crippen LogP contribution in [-0.4, -0.2) is 50.0 Å². The predicted molar refractivity (Wildman–Crippen MR) is 99.6 cm³/mol. The van der Waals surface area contributed by atoms with Crippen LogP contribution in [0, 0.1) is 0 Å². The highest BCUT2D eigenvalue weighted by Crippen LogP contribution is 2.23. The molecule has 3 rings (SSSR count). The highest BCUT2D eigenvalue weighted by Gasteiger charge is 2.30. The molecule has 0 saturated carbocycles. The van der Waals surface area contributed by atoms with Crippen molar-refractivity contribution >= 4 is 21.6 Å². The Balaban J connectivity index is 1.87. The molecule has 1 atom stereocenters. The molecule has 1 fully saturated rings. The highest BCUT2D eigenvalue weighted by molar-refractivity contribution is 7.89. The Labute approximate surface area is 153 Å². The van der Waals surface area contributed by atoms with E-state index in [2.05, 4.69) is 0 Å². The minimum absolute atomic E-state index is 0.0684. The summed E-state index contributed by atoms with van der Waals surface area (Å²) in [7, 11) is -2.09. The molecule has 1 aliphatic rings. The first-order valence-corrected chi connectivity index (χ1v) is 9.95. The van der Waals surface area contributed by atoms with Crippen molar-refractivity contribution in [2.45, 2.75) is 23.8 Å². The van der Waals surface area contributed by atoms with E-state index in [1.807, 2.05) is 30.3 Å². The maximum absolute atomic E-state index is 12.8. The molecular formula is C19H22N2O4S. The summed E-state index contributed by atoms with van der Waals surface area (Å²) in [4.78, 5) is 14.3. The van der Waals surface area contributed by atoms with Crippen LogP contribution < -0.4 is 4.90 Å². The number of nitrogens with zero attached hydrogens (tertiary/aromatic N) is 2. The Morgan fingerprint density at radius 3 is 2.58 bits per heavy atom. The maximum Gasteiger partial charge on any atom is 0.258 e. The number of amides is 1. The highest BCUT2D eigenvalue weighted by atomic mass is 32.2. The molecule has 26 heavy (non-hydrogen) atoms. The van der Waals surface area contributed by atoms with Crippen LogP contribution in [0.1, 0.15) is 23.2 Å². The minimum atomic E-state index is -3.74. The normalized spacial score (nSPS) is 18.5. The number of anilines is 1. The van der Waals surface area contributed by atoms with E-state index in [4.69, 9.17) is 0 Å². The van der Waals surface area contributed by atoms with Crippen molar-refractivity contribution < 1.29 is 18.3 Å². The lowest BCUT2D eigenvalue weighted by molar-refractivity contribution is 0.0992. The van der Waals surface area contributed by atoms with Gasteiger partial charge in [0.25, 0.3) is 5.91 Å². The topological polar surface area (TPSA) is 77.9 Å². The average Bonchev–Trinajstić information content (AvgIpc) is 2.67. The van der Waals surface area contributed by atoms with Gasteiger partial charge in [-0.1, -0.05) is 24.3 Å². The van der Waals surface area contributed by atoms with Crippen LogP contribution in [0.15, 0.2) is 59.5 Å². The Bertz CT molecular complexity index is 883. The van der Waals surface area contributed by atoms with Gasteiger partial charge in [0.05, 0.1) is 11.0 Å². The van der Waals surface area contributed by atoms with Crippen molar-refractivity contribution in [3.05, 3.63) is 60.2 Å². The number of sulfonamides is 1. The quantitative estimate of drug-likeness (QED) is 0.889. The third-order valence-corrected chi connectivity index (χ3v) is 6.39. The third kappa shape index (κ3) is 3.80. The summed E-state index contributed by atoms with van der Waals surface area (Å²) in [5.74, 6) is -0.285. The smallest absolute Gasteiger partial charge is 0.258 e. The summed E-state index contributed by atoms with van der Waals surface area (Å²) in [6.07, 6.45) is 0.579. The van der Waals surface area contributed by atoms with Gasteiger partial charge in [-0.15, -0.1) is 0 Å². The number of para-hydroxylation sites is 1. The van der Waals surface area contributed by atoms with Gasteiger partial charge in [-0.25, -0.2) is 8.42 Å². The fraction of sp³-hybridized carbons (Fsp3) is 0.316. The van der Waals surface area contributed by atoms with Crippen LogP contribution in [-0.2, 0) is 10.0 Å². The van der Waals surface area contributed by atoms with E-state index in [9.17, 15) is 18.3 Å². The number of carbonyl (C=O) groups excluding carboxylic acids is 1. The lowest BCUT2D eigenvalue weighted by Crippen LogP contribution is -2.42. The van der Waals surface area contributed by atoms with Crippen molar-refractivity contribution in [2.24, 2.45) is 0 Å². The van der Waals surface area contributed by atoms with Crippen LogP contribution in [0.3, 0.4) is 0 Å². The molecule has 2 aromatic rings. The Morgan fingerprint density at radius 2 is 1.88 bits per heavy atom. The molecule has 1 saturated heterocycles. The van der Waals surface area contributed by atoms with E-state index in [1.54, 1.807) is 19.2 Å². The lowest BCUT2D eigenvalue weighted by atomic mass is 10.1. The third-order valence-electron chi connectivity index (χ3n) is 4.53. The van der Waals surface area contributed by atoms with Crippen LogP contribution >= 0.6 is 0 Å². The fourth-order valence-corrected chi connectivity index (χ4v) is 4.60. The Hall–Kier alpha value is -2.22. The number of hydrogen-bond acceptors (Lipinski definition) is 4. The zero-order valence-electron chi connectivity index (χ0n) is 14.6. The largest absolute Gasteiger partial charge is 0.392 e. The molecule has 0 radical (unpaired) electrons. The van der Waals surface area contributed by atoms with E-state index in [0.717, 1.165) is 5.69 Å². The minimum Gasteiger partial charge on any atom is -0.392 e. The average molecular weight is 374 g/mol. The standard InChI is InChI=1S/C19H22N2O4S/c1-20(16-8-3-2-4-9-16)19(23)15-7-5-11-18(13-15)26(24,25)21-12-6-10-17(22)14-21/h2-5,7-9,11,13,17,22H,6,10,12,14H2,1H3/t17-/m0/s1. The Morgan fingerprint density at radius 1 is 1.15 bits per heavy atom. The number of β-amino-alcohol motifs (C(OH)–C–C–N with tert-alkyl or cyclic N) is 1. The number of hydrogen-bond donors (Lipinski definition) is 1. The molecule has 0 spiro atoms. The molecule has 0 aromatic heterocycles. The van der Waals surface area contributed by atoms with Gasteiger partial charge in [0, 0.05) is 31.4 Å². The van der Waals surface area contributed by atoms with Crippen LogP contribution in [0.5, 0.6) is 0 Å². The summed E-state index contributed by atoms with van der Waals surface area (Å²) in [5.41, 5.74) is 1.03. The maximum atomic E-state index is 12.8. The second-order valence-corrected chi connectivity index (χ2v) is 8.32. The van der Waals surface area contributed by atoms with Gasteiger partial charge in [-0.05, 0) is 43.2 Å². The van der Waals surface area contributed by atoms with Crippen LogP contribution in [0.25, 0.3) is 0 Å². The number of aliphatic hydroxyl groups excluding tert-OH is 1. The van der Waals surface area contributed by atoms with Crippen molar-refractivity contribution in [3.8, 4) is 0 Å². The number of rotatable bonds is 4. The molecule has 1 amide bonds. The summed E-state index contributed by atoms with van der Waals surface area (Å²) < 4.78 is 27.0. The first kappa shape index (κ1) is 18.6. The zero-order valence-corrected chi connectivity index (χ0v) is 15.4. The number of aliphatic hydroxyl groups is 1. The summed E-state index contributed by atoms with van der Waals surface area (Å²) >= 11 is 0. The van der Waals surface area contributed by atoms with E-state index < -0.39 is 16.1 Å². The zero-order chi connectivity index (χ0) is 18.7. The van der Waals surface area contributed by atoms with Crippen molar-refractivity contribution in [3.63, 3.8) is 0 Å². The molecule has 0 aliphatic carbocycles. The number of benzene rings is 2. The monoisotopic (exact) mass is 374 g/mol. The van der Waals surface area contributed by atoms with Gasteiger partial charge >= 0.3 is 0 Å². The second kappa shape index (κ2) is 7.57. The molecule has 6 nitrogen and oxygen atoms in total. The Kier molecular flexibility index (Phi) is 5.41.